The first kappa shape index (κ1) is 19.5. The van der Waals surface area contributed by atoms with Gasteiger partial charge in [0.2, 0.25) is 0 Å². The third-order valence-corrected chi connectivity index (χ3v) is 4.85. The van der Waals surface area contributed by atoms with Crippen LogP contribution in [0.5, 0.6) is 0 Å². The zero-order valence-electron chi connectivity index (χ0n) is 15.7. The minimum absolute atomic E-state index is 0.0488. The quantitative estimate of drug-likeness (QED) is 0.440. The van der Waals surface area contributed by atoms with E-state index in [1.54, 1.807) is 0 Å². The lowest BCUT2D eigenvalue weighted by Crippen LogP contribution is -2.24. The number of hydrogen-bond acceptors (Lipinski definition) is 1. The van der Waals surface area contributed by atoms with Crippen molar-refractivity contribution in [1.29, 1.82) is 0 Å². The molecule has 0 radical (unpaired) electrons. The average molecular weight is 340 g/mol. The summed E-state index contributed by atoms with van der Waals surface area (Å²) in [6, 6.07) is 14.0. The lowest BCUT2D eigenvalue weighted by Gasteiger charge is -2.08. The van der Waals surface area contributed by atoms with Gasteiger partial charge in [0.25, 0.3) is 5.91 Å². The molecule has 0 aliphatic heterocycles. The molecule has 0 bridgehead atoms. The van der Waals surface area contributed by atoms with Crippen LogP contribution in [0.1, 0.15) is 81.5 Å². The van der Waals surface area contributed by atoms with Crippen LogP contribution in [0.2, 0.25) is 0 Å². The van der Waals surface area contributed by atoms with E-state index in [4.69, 9.17) is 0 Å². The van der Waals surface area contributed by atoms with Gasteiger partial charge < -0.3 is 5.32 Å². The highest BCUT2D eigenvalue weighted by Crippen LogP contribution is 2.18. The van der Waals surface area contributed by atoms with Crippen LogP contribution in [0.25, 0.3) is 10.8 Å². The second-order valence-corrected chi connectivity index (χ2v) is 6.96. The SMILES string of the molecule is CCCCCCCCCCCCNC(=O)c1cccc2ccccc12. The highest BCUT2D eigenvalue weighted by atomic mass is 16.1. The minimum atomic E-state index is 0.0488. The van der Waals surface area contributed by atoms with Crippen molar-refractivity contribution < 1.29 is 4.79 Å². The van der Waals surface area contributed by atoms with Crippen LogP contribution in [-0.2, 0) is 0 Å². The van der Waals surface area contributed by atoms with Crippen molar-refractivity contribution in [2.45, 2.75) is 71.1 Å². The van der Waals surface area contributed by atoms with Crippen molar-refractivity contribution in [3.8, 4) is 0 Å². The molecule has 0 aromatic heterocycles. The first-order valence-electron chi connectivity index (χ1n) is 10.1. The second kappa shape index (κ2) is 11.7. The Bertz CT molecular complexity index is 630. The molecule has 0 aliphatic rings. The van der Waals surface area contributed by atoms with Gasteiger partial charge in [0.05, 0.1) is 0 Å². The van der Waals surface area contributed by atoms with Gasteiger partial charge in [0.15, 0.2) is 0 Å². The molecule has 2 nitrogen and oxygen atoms in total. The molecule has 2 aromatic carbocycles. The van der Waals surface area contributed by atoms with E-state index in [1.807, 2.05) is 42.5 Å². The number of nitrogens with one attached hydrogen (secondary N) is 1. The summed E-state index contributed by atoms with van der Waals surface area (Å²) in [5, 5.41) is 5.23. The standard InChI is InChI=1S/C23H33NO/c1-2-3-4-5-6-7-8-9-10-13-19-24-23(25)22-18-14-16-20-15-11-12-17-21(20)22/h11-12,14-18H,2-10,13,19H2,1H3,(H,24,25). The predicted octanol–water partition coefficient (Wildman–Crippen LogP) is 6.49. The monoisotopic (exact) mass is 339 g/mol. The Labute approximate surface area is 153 Å². The molecule has 136 valence electrons. The zero-order chi connectivity index (χ0) is 17.7. The molecule has 2 aromatic rings. The summed E-state index contributed by atoms with van der Waals surface area (Å²) in [7, 11) is 0. The number of carbonyl (C=O) groups excluding carboxylic acids is 1. The summed E-state index contributed by atoms with van der Waals surface area (Å²) >= 11 is 0. The lowest BCUT2D eigenvalue weighted by atomic mass is 10.0. The molecule has 1 amide bonds. The molecule has 0 atom stereocenters. The largest absolute Gasteiger partial charge is 0.352 e. The molecule has 2 rings (SSSR count). The second-order valence-electron chi connectivity index (χ2n) is 6.96. The van der Waals surface area contributed by atoms with E-state index in [9.17, 15) is 4.79 Å². The number of fused-ring (bicyclic) bond motifs is 1. The highest BCUT2D eigenvalue weighted by molar-refractivity contribution is 6.06. The molecule has 0 fully saturated rings. The van der Waals surface area contributed by atoms with Crippen LogP contribution < -0.4 is 5.32 Å². The molecule has 25 heavy (non-hydrogen) atoms. The van der Waals surface area contributed by atoms with Gasteiger partial charge in [-0.15, -0.1) is 0 Å². The van der Waals surface area contributed by atoms with Crippen molar-refractivity contribution in [1.82, 2.24) is 5.32 Å². The molecular formula is C23H33NO. The van der Waals surface area contributed by atoms with E-state index in [2.05, 4.69) is 12.2 Å². The molecule has 2 heteroatoms. The fraction of sp³-hybridized carbons (Fsp3) is 0.522. The van der Waals surface area contributed by atoms with Gasteiger partial charge in [-0.3, -0.25) is 4.79 Å². The van der Waals surface area contributed by atoms with Crippen molar-refractivity contribution in [2.24, 2.45) is 0 Å². The summed E-state index contributed by atoms with van der Waals surface area (Å²) < 4.78 is 0. The highest BCUT2D eigenvalue weighted by Gasteiger charge is 2.08. The Morgan fingerprint density at radius 2 is 1.36 bits per heavy atom. The van der Waals surface area contributed by atoms with Crippen LogP contribution in [-0.4, -0.2) is 12.5 Å². The molecule has 0 heterocycles. The van der Waals surface area contributed by atoms with E-state index >= 15 is 0 Å². The molecule has 0 saturated heterocycles. The zero-order valence-corrected chi connectivity index (χ0v) is 15.7. The van der Waals surface area contributed by atoms with Crippen molar-refractivity contribution in [2.75, 3.05) is 6.54 Å². The molecule has 0 saturated carbocycles. The fourth-order valence-electron chi connectivity index (χ4n) is 3.33. The molecule has 0 unspecified atom stereocenters. The topological polar surface area (TPSA) is 29.1 Å². The maximum absolute atomic E-state index is 12.4. The van der Waals surface area contributed by atoms with Crippen molar-refractivity contribution in [3.05, 3.63) is 48.0 Å². The van der Waals surface area contributed by atoms with E-state index in [0.717, 1.165) is 29.3 Å². The Hall–Kier alpha value is -1.83. The van der Waals surface area contributed by atoms with Crippen LogP contribution in [0.4, 0.5) is 0 Å². The number of carbonyl (C=O) groups is 1. The average Bonchev–Trinajstić information content (AvgIpc) is 2.65. The van der Waals surface area contributed by atoms with Gasteiger partial charge in [0.1, 0.15) is 0 Å². The fourth-order valence-corrected chi connectivity index (χ4v) is 3.33. The van der Waals surface area contributed by atoms with E-state index in [-0.39, 0.29) is 5.91 Å². The van der Waals surface area contributed by atoms with Crippen molar-refractivity contribution >= 4 is 16.7 Å². The summed E-state index contributed by atoms with van der Waals surface area (Å²) in [6.07, 6.45) is 13.2. The first-order valence-corrected chi connectivity index (χ1v) is 10.1. The Kier molecular flexibility index (Phi) is 9.11. The van der Waals surface area contributed by atoms with Gasteiger partial charge in [-0.1, -0.05) is 101 Å². The number of amides is 1. The van der Waals surface area contributed by atoms with Crippen molar-refractivity contribution in [3.63, 3.8) is 0 Å². The van der Waals surface area contributed by atoms with Crippen LogP contribution >= 0.6 is 0 Å². The van der Waals surface area contributed by atoms with Crippen LogP contribution in [0, 0.1) is 0 Å². The lowest BCUT2D eigenvalue weighted by molar-refractivity contribution is 0.0954. The molecule has 0 aliphatic carbocycles. The minimum Gasteiger partial charge on any atom is -0.352 e. The maximum atomic E-state index is 12.4. The third-order valence-electron chi connectivity index (χ3n) is 4.85. The smallest absolute Gasteiger partial charge is 0.251 e. The number of benzene rings is 2. The molecule has 1 N–H and O–H groups in total. The van der Waals surface area contributed by atoms with Crippen LogP contribution in [0.3, 0.4) is 0 Å². The van der Waals surface area contributed by atoms with Gasteiger partial charge in [-0.2, -0.15) is 0 Å². The first-order chi connectivity index (χ1) is 12.3. The van der Waals surface area contributed by atoms with Gasteiger partial charge in [-0.05, 0) is 23.3 Å². The summed E-state index contributed by atoms with van der Waals surface area (Å²) in [5.74, 6) is 0.0488. The number of unbranched alkanes of at least 4 members (excludes halogenated alkanes) is 9. The summed E-state index contributed by atoms with van der Waals surface area (Å²) in [5.41, 5.74) is 0.783. The predicted molar refractivity (Wildman–Crippen MR) is 108 cm³/mol. The number of hydrogen-bond donors (Lipinski definition) is 1. The molecule has 0 spiro atoms. The third kappa shape index (κ3) is 6.89. The normalized spacial score (nSPS) is 10.9. The van der Waals surface area contributed by atoms with Crippen LogP contribution in [0.15, 0.2) is 42.5 Å². The summed E-state index contributed by atoms with van der Waals surface area (Å²) in [4.78, 5) is 12.4. The summed E-state index contributed by atoms with van der Waals surface area (Å²) in [6.45, 7) is 3.04. The van der Waals surface area contributed by atoms with E-state index in [1.165, 1.54) is 57.8 Å². The maximum Gasteiger partial charge on any atom is 0.251 e. The van der Waals surface area contributed by atoms with E-state index in [0.29, 0.717) is 0 Å². The Balaban J connectivity index is 1.58. The number of rotatable bonds is 12. The van der Waals surface area contributed by atoms with Gasteiger partial charge >= 0.3 is 0 Å². The Morgan fingerprint density at radius 1 is 0.760 bits per heavy atom. The molecular weight excluding hydrogens is 306 g/mol. The Morgan fingerprint density at radius 3 is 2.08 bits per heavy atom. The van der Waals surface area contributed by atoms with Gasteiger partial charge in [-0.25, -0.2) is 0 Å². The van der Waals surface area contributed by atoms with Gasteiger partial charge in [0, 0.05) is 12.1 Å². The van der Waals surface area contributed by atoms with E-state index < -0.39 is 0 Å².